The minimum absolute atomic E-state index is 0.282. The lowest BCUT2D eigenvalue weighted by molar-refractivity contribution is 0.147. The third kappa shape index (κ3) is 4.31. The molecule has 0 saturated heterocycles. The maximum atomic E-state index is 12.5. The number of carbonyl (C=O) groups excluding carboxylic acids is 1. The second-order valence-corrected chi connectivity index (χ2v) is 6.35. The van der Waals surface area contributed by atoms with Crippen molar-refractivity contribution in [3.05, 3.63) is 59.7 Å². The van der Waals surface area contributed by atoms with Crippen molar-refractivity contribution in [2.75, 3.05) is 38.7 Å². The molecule has 1 aliphatic rings. The van der Waals surface area contributed by atoms with Crippen molar-refractivity contribution in [3.63, 3.8) is 0 Å². The Hall–Kier alpha value is -2.53. The fraction of sp³-hybridized carbons (Fsp3) is 0.350. The predicted molar refractivity (Wildman–Crippen MR) is 98.2 cm³/mol. The van der Waals surface area contributed by atoms with Gasteiger partial charge in [0.2, 0.25) is 0 Å². The van der Waals surface area contributed by atoms with Gasteiger partial charge in [-0.15, -0.1) is 0 Å². The normalized spacial score (nSPS) is 13.0. The minimum atomic E-state index is -0.312. The van der Waals surface area contributed by atoms with Crippen molar-refractivity contribution < 1.29 is 14.3 Å². The molecule has 1 heterocycles. The highest BCUT2D eigenvalue weighted by Gasteiger charge is 2.28. The molecule has 2 aromatic carbocycles. The van der Waals surface area contributed by atoms with Crippen molar-refractivity contribution in [2.45, 2.75) is 13.0 Å². The monoisotopic (exact) mass is 340 g/mol. The molecule has 0 bridgehead atoms. The van der Waals surface area contributed by atoms with Gasteiger partial charge in [0.05, 0.1) is 5.69 Å². The van der Waals surface area contributed by atoms with Crippen LogP contribution in [-0.2, 0) is 17.8 Å². The van der Waals surface area contributed by atoms with Crippen LogP contribution in [0.25, 0.3) is 0 Å². The number of fused-ring (bicyclic) bond motifs is 1. The first-order chi connectivity index (χ1) is 12.1. The van der Waals surface area contributed by atoms with E-state index in [0.717, 1.165) is 35.5 Å². The lowest BCUT2D eigenvalue weighted by atomic mass is 10.1. The van der Waals surface area contributed by atoms with Crippen LogP contribution in [0.1, 0.15) is 11.1 Å². The van der Waals surface area contributed by atoms with E-state index in [0.29, 0.717) is 13.2 Å². The van der Waals surface area contributed by atoms with Gasteiger partial charge in [0, 0.05) is 18.7 Å². The van der Waals surface area contributed by atoms with Crippen LogP contribution in [0.3, 0.4) is 0 Å². The van der Waals surface area contributed by atoms with E-state index in [4.69, 9.17) is 9.47 Å². The van der Waals surface area contributed by atoms with Crippen LogP contribution in [0.5, 0.6) is 5.75 Å². The van der Waals surface area contributed by atoms with Crippen molar-refractivity contribution >= 4 is 11.8 Å². The van der Waals surface area contributed by atoms with E-state index in [2.05, 4.69) is 4.90 Å². The van der Waals surface area contributed by atoms with Gasteiger partial charge in [-0.1, -0.05) is 36.4 Å². The summed E-state index contributed by atoms with van der Waals surface area (Å²) in [7, 11) is 4.03. The lowest BCUT2D eigenvalue weighted by Crippen LogP contribution is -2.29. The van der Waals surface area contributed by atoms with Crippen LogP contribution < -0.4 is 9.64 Å². The number of hydrogen-bond donors (Lipinski definition) is 0. The zero-order chi connectivity index (χ0) is 17.6. The third-order valence-corrected chi connectivity index (χ3v) is 4.21. The molecule has 0 radical (unpaired) electrons. The molecule has 5 nitrogen and oxygen atoms in total. The Labute approximate surface area is 148 Å². The Morgan fingerprint density at radius 3 is 2.68 bits per heavy atom. The molecular weight excluding hydrogens is 316 g/mol. The quantitative estimate of drug-likeness (QED) is 0.809. The van der Waals surface area contributed by atoms with Gasteiger partial charge in [0.25, 0.3) is 0 Å². The maximum absolute atomic E-state index is 12.5. The molecule has 0 saturated carbocycles. The largest absolute Gasteiger partial charge is 0.492 e. The number of anilines is 1. The summed E-state index contributed by atoms with van der Waals surface area (Å²) in [5.74, 6) is 0.859. The van der Waals surface area contributed by atoms with Gasteiger partial charge in [0.15, 0.2) is 0 Å². The Balaban J connectivity index is 1.64. The van der Waals surface area contributed by atoms with E-state index in [1.165, 1.54) is 0 Å². The van der Waals surface area contributed by atoms with E-state index in [-0.39, 0.29) is 12.7 Å². The Morgan fingerprint density at radius 1 is 1.12 bits per heavy atom. The molecule has 0 aliphatic carbocycles. The van der Waals surface area contributed by atoms with Gasteiger partial charge in [-0.25, -0.2) is 4.79 Å². The van der Waals surface area contributed by atoms with Crippen molar-refractivity contribution in [1.82, 2.24) is 4.90 Å². The predicted octanol–water partition coefficient (Wildman–Crippen LogP) is 3.33. The van der Waals surface area contributed by atoms with Gasteiger partial charge in [-0.05, 0) is 38.2 Å². The molecule has 0 spiro atoms. The molecule has 0 atom stereocenters. The summed E-state index contributed by atoms with van der Waals surface area (Å²) in [6.45, 7) is 2.38. The van der Waals surface area contributed by atoms with Crippen molar-refractivity contribution in [2.24, 2.45) is 0 Å². The molecule has 0 unspecified atom stereocenters. The molecular formula is C20H24N2O3. The summed E-state index contributed by atoms with van der Waals surface area (Å²) >= 11 is 0. The van der Waals surface area contributed by atoms with Crippen molar-refractivity contribution in [1.29, 1.82) is 0 Å². The topological polar surface area (TPSA) is 42.0 Å². The molecule has 132 valence electrons. The number of nitrogens with zero attached hydrogens (tertiary/aromatic N) is 2. The van der Waals surface area contributed by atoms with Crippen LogP contribution in [0.4, 0.5) is 10.5 Å². The molecule has 0 aromatic heterocycles. The van der Waals surface area contributed by atoms with Crippen LogP contribution >= 0.6 is 0 Å². The van der Waals surface area contributed by atoms with Gasteiger partial charge in [-0.2, -0.15) is 0 Å². The van der Waals surface area contributed by atoms with Crippen LogP contribution in [0, 0.1) is 0 Å². The first-order valence-electron chi connectivity index (χ1n) is 8.53. The van der Waals surface area contributed by atoms with E-state index in [9.17, 15) is 4.79 Å². The third-order valence-electron chi connectivity index (χ3n) is 4.21. The number of amides is 1. The summed E-state index contributed by atoms with van der Waals surface area (Å²) in [5.41, 5.74) is 2.95. The Bertz CT molecular complexity index is 716. The first-order valence-corrected chi connectivity index (χ1v) is 8.53. The summed E-state index contributed by atoms with van der Waals surface area (Å²) in [6.07, 6.45) is 0.474. The Kier molecular flexibility index (Phi) is 5.56. The van der Waals surface area contributed by atoms with E-state index in [1.54, 1.807) is 4.90 Å². The zero-order valence-corrected chi connectivity index (χ0v) is 14.8. The number of carbonyl (C=O) groups is 1. The summed E-state index contributed by atoms with van der Waals surface area (Å²) < 4.78 is 11.4. The van der Waals surface area contributed by atoms with Crippen LogP contribution in [0.15, 0.2) is 48.5 Å². The number of ether oxygens (including phenoxy) is 2. The highest BCUT2D eigenvalue weighted by molar-refractivity contribution is 5.91. The molecule has 0 fully saturated rings. The van der Waals surface area contributed by atoms with Gasteiger partial charge < -0.3 is 14.4 Å². The summed E-state index contributed by atoms with van der Waals surface area (Å²) in [5, 5.41) is 0. The van der Waals surface area contributed by atoms with Crippen molar-refractivity contribution in [3.8, 4) is 5.75 Å². The number of rotatable bonds is 6. The average Bonchev–Trinajstić information content (AvgIpc) is 3.05. The first kappa shape index (κ1) is 17.3. The highest BCUT2D eigenvalue weighted by Crippen LogP contribution is 2.35. The number of likely N-dealkylation sites (N-methyl/N-ethyl adjacent to an activating group) is 1. The van der Waals surface area contributed by atoms with Crippen LogP contribution in [0.2, 0.25) is 0 Å². The lowest BCUT2D eigenvalue weighted by Gasteiger charge is -2.18. The van der Waals surface area contributed by atoms with Crippen LogP contribution in [-0.4, -0.2) is 44.8 Å². The Morgan fingerprint density at radius 2 is 1.92 bits per heavy atom. The van der Waals surface area contributed by atoms with E-state index < -0.39 is 0 Å². The average molecular weight is 340 g/mol. The molecule has 1 aliphatic heterocycles. The molecule has 2 aromatic rings. The molecule has 3 rings (SSSR count). The highest BCUT2D eigenvalue weighted by atomic mass is 16.6. The zero-order valence-electron chi connectivity index (χ0n) is 14.8. The molecule has 0 N–H and O–H groups in total. The van der Waals surface area contributed by atoms with Gasteiger partial charge in [-0.3, -0.25) is 4.90 Å². The minimum Gasteiger partial charge on any atom is -0.492 e. The van der Waals surface area contributed by atoms with Gasteiger partial charge >= 0.3 is 6.09 Å². The maximum Gasteiger partial charge on any atom is 0.414 e. The van der Waals surface area contributed by atoms with Gasteiger partial charge in [0.1, 0.15) is 19.0 Å². The van der Waals surface area contributed by atoms with E-state index >= 15 is 0 Å². The summed E-state index contributed by atoms with van der Waals surface area (Å²) in [4.78, 5) is 16.2. The second-order valence-electron chi connectivity index (χ2n) is 6.35. The fourth-order valence-electron chi connectivity index (χ4n) is 2.86. The number of hydrogen-bond acceptors (Lipinski definition) is 4. The van der Waals surface area contributed by atoms with E-state index in [1.807, 2.05) is 62.6 Å². The molecule has 25 heavy (non-hydrogen) atoms. The SMILES string of the molecule is CN(C)CCOc1cccc2c1CCN2C(=O)OCc1ccccc1. The smallest absolute Gasteiger partial charge is 0.414 e. The molecule has 1 amide bonds. The molecule has 5 heteroatoms. The summed E-state index contributed by atoms with van der Waals surface area (Å²) in [6, 6.07) is 15.5. The fourth-order valence-corrected chi connectivity index (χ4v) is 2.86. The number of benzene rings is 2. The second kappa shape index (κ2) is 8.03. The standard InChI is InChI=1S/C20H24N2O3/c1-21(2)13-14-24-19-10-6-9-18-17(19)11-12-22(18)20(23)25-15-16-7-4-3-5-8-16/h3-10H,11-15H2,1-2H3.